The van der Waals surface area contributed by atoms with Gasteiger partial charge in [-0.1, -0.05) is 12.1 Å². The Bertz CT molecular complexity index is 1030. The largest absolute Gasteiger partial charge is 0.479 e. The van der Waals surface area contributed by atoms with Crippen molar-refractivity contribution in [2.45, 2.75) is 6.61 Å². The molecule has 0 aliphatic rings. The zero-order valence-electron chi connectivity index (χ0n) is 14.2. The number of amides is 1. The third kappa shape index (κ3) is 4.30. The van der Waals surface area contributed by atoms with Crippen molar-refractivity contribution in [2.75, 3.05) is 5.32 Å². The van der Waals surface area contributed by atoms with E-state index in [1.54, 1.807) is 6.07 Å². The molecule has 10 heteroatoms. The zero-order chi connectivity index (χ0) is 20.1. The Morgan fingerprint density at radius 3 is 2.36 bits per heavy atom. The van der Waals surface area contributed by atoms with E-state index in [1.165, 1.54) is 54.6 Å². The second-order valence-electron chi connectivity index (χ2n) is 5.54. The van der Waals surface area contributed by atoms with Gasteiger partial charge in [-0.3, -0.25) is 25.0 Å². The van der Waals surface area contributed by atoms with E-state index in [1.807, 2.05) is 0 Å². The number of nitrogens with zero attached hydrogens (tertiary/aromatic N) is 2. The average molecular weight is 383 g/mol. The topological polar surface area (TPSA) is 138 Å². The number of nitro benzene ring substituents is 2. The zero-order valence-corrected chi connectivity index (χ0v) is 14.2. The highest BCUT2D eigenvalue weighted by molar-refractivity contribution is 6.02. The first kappa shape index (κ1) is 18.6. The lowest BCUT2D eigenvalue weighted by Crippen LogP contribution is -2.10. The van der Waals surface area contributed by atoms with Crippen LogP contribution >= 0.6 is 0 Å². The van der Waals surface area contributed by atoms with Gasteiger partial charge in [-0.2, -0.15) is 0 Å². The number of non-ortho nitro benzene ring substituents is 1. The number of ether oxygens (including phenoxy) is 1. The van der Waals surface area contributed by atoms with Crippen LogP contribution < -0.4 is 10.1 Å². The average Bonchev–Trinajstić information content (AvgIpc) is 3.16. The molecule has 2 aromatic carbocycles. The highest BCUT2D eigenvalue weighted by Crippen LogP contribution is 2.27. The van der Waals surface area contributed by atoms with Crippen LogP contribution in [-0.4, -0.2) is 15.8 Å². The van der Waals surface area contributed by atoms with Crippen molar-refractivity contribution in [1.82, 2.24) is 0 Å². The molecule has 0 aliphatic heterocycles. The number of hydrogen-bond acceptors (Lipinski definition) is 7. The highest BCUT2D eigenvalue weighted by atomic mass is 16.6. The molecule has 1 N–H and O–H groups in total. The number of rotatable bonds is 7. The molecular weight excluding hydrogens is 370 g/mol. The van der Waals surface area contributed by atoms with Gasteiger partial charge in [-0.15, -0.1) is 0 Å². The van der Waals surface area contributed by atoms with E-state index >= 15 is 0 Å². The fraction of sp³-hybridized carbons (Fsp3) is 0.0556. The fourth-order valence-electron chi connectivity index (χ4n) is 2.32. The van der Waals surface area contributed by atoms with Gasteiger partial charge in [-0.05, 0) is 30.3 Å². The molecule has 0 saturated heterocycles. The Labute approximate surface area is 157 Å². The van der Waals surface area contributed by atoms with E-state index in [9.17, 15) is 25.0 Å². The summed E-state index contributed by atoms with van der Waals surface area (Å²) in [7, 11) is 0. The lowest BCUT2D eigenvalue weighted by atomic mass is 10.3. The van der Waals surface area contributed by atoms with Crippen LogP contribution in [0.2, 0.25) is 0 Å². The third-order valence-corrected chi connectivity index (χ3v) is 3.65. The minimum atomic E-state index is -0.555. The molecule has 0 unspecified atom stereocenters. The number of benzene rings is 2. The van der Waals surface area contributed by atoms with Gasteiger partial charge in [0.05, 0.1) is 9.85 Å². The first-order chi connectivity index (χ1) is 13.4. The predicted molar refractivity (Wildman–Crippen MR) is 97.2 cm³/mol. The summed E-state index contributed by atoms with van der Waals surface area (Å²) in [5.74, 6) is -0.168. The SMILES string of the molecule is O=C(Nc1ccc([N+](=O)[O-])cc1)c1ccc(COc2ccccc2[N+](=O)[O-])o1. The first-order valence-corrected chi connectivity index (χ1v) is 7.95. The summed E-state index contributed by atoms with van der Waals surface area (Å²) >= 11 is 0. The molecular formula is C18H13N3O7. The van der Waals surface area contributed by atoms with Gasteiger partial charge in [0.25, 0.3) is 11.6 Å². The second kappa shape index (κ2) is 7.99. The van der Waals surface area contributed by atoms with E-state index in [4.69, 9.17) is 9.15 Å². The summed E-state index contributed by atoms with van der Waals surface area (Å²) in [6.07, 6.45) is 0. The van der Waals surface area contributed by atoms with E-state index in [0.29, 0.717) is 11.4 Å². The van der Waals surface area contributed by atoms with Crippen molar-refractivity contribution in [3.05, 3.63) is 92.4 Å². The van der Waals surface area contributed by atoms with Gasteiger partial charge < -0.3 is 14.5 Å². The molecule has 0 aliphatic carbocycles. The van der Waals surface area contributed by atoms with Crippen LogP contribution in [0.5, 0.6) is 5.75 Å². The van der Waals surface area contributed by atoms with Crippen LogP contribution in [0.3, 0.4) is 0 Å². The molecule has 1 amide bonds. The number of carbonyl (C=O) groups is 1. The van der Waals surface area contributed by atoms with Crippen LogP contribution in [0.4, 0.5) is 17.1 Å². The van der Waals surface area contributed by atoms with Crippen LogP contribution in [0.25, 0.3) is 0 Å². The predicted octanol–water partition coefficient (Wildman–Crippen LogP) is 3.93. The Hall–Kier alpha value is -4.21. The number of para-hydroxylation sites is 2. The maximum atomic E-state index is 12.2. The molecule has 28 heavy (non-hydrogen) atoms. The van der Waals surface area contributed by atoms with Crippen molar-refractivity contribution in [3.63, 3.8) is 0 Å². The molecule has 0 fully saturated rings. The minimum Gasteiger partial charge on any atom is -0.479 e. The number of carbonyl (C=O) groups excluding carboxylic acids is 1. The van der Waals surface area contributed by atoms with Gasteiger partial charge in [0, 0.05) is 23.9 Å². The summed E-state index contributed by atoms with van der Waals surface area (Å²) in [4.78, 5) is 32.7. The van der Waals surface area contributed by atoms with Crippen molar-refractivity contribution in [1.29, 1.82) is 0 Å². The molecule has 0 spiro atoms. The summed E-state index contributed by atoms with van der Waals surface area (Å²) in [6.45, 7) is -0.102. The molecule has 0 atom stereocenters. The summed E-state index contributed by atoms with van der Waals surface area (Å²) in [5, 5.41) is 24.2. The number of nitrogens with one attached hydrogen (secondary N) is 1. The summed E-state index contributed by atoms with van der Waals surface area (Å²) < 4.78 is 10.8. The Morgan fingerprint density at radius 1 is 0.964 bits per heavy atom. The van der Waals surface area contributed by atoms with Gasteiger partial charge in [0.2, 0.25) is 0 Å². The lowest BCUT2D eigenvalue weighted by Gasteiger charge is -2.05. The highest BCUT2D eigenvalue weighted by Gasteiger charge is 2.16. The molecule has 3 rings (SSSR count). The molecule has 3 aromatic rings. The van der Waals surface area contributed by atoms with Crippen molar-refractivity contribution < 1.29 is 23.8 Å². The third-order valence-electron chi connectivity index (χ3n) is 3.65. The molecule has 10 nitrogen and oxygen atoms in total. The Kier molecular flexibility index (Phi) is 5.30. The summed E-state index contributed by atoms with van der Waals surface area (Å²) in [5.41, 5.74) is 0.0975. The van der Waals surface area contributed by atoms with Gasteiger partial charge in [0.15, 0.2) is 11.5 Å². The summed E-state index contributed by atoms with van der Waals surface area (Å²) in [6, 6.07) is 14.2. The monoisotopic (exact) mass is 383 g/mol. The molecule has 0 saturated carbocycles. The van der Waals surface area contributed by atoms with E-state index in [0.717, 1.165) is 0 Å². The number of nitro groups is 2. The van der Waals surface area contributed by atoms with E-state index < -0.39 is 15.8 Å². The number of anilines is 1. The standard InChI is InChI=1S/C18H13N3O7/c22-18(19-12-5-7-13(8-6-12)20(23)24)17-10-9-14(28-17)11-27-16-4-2-1-3-15(16)21(25)26/h1-10H,11H2,(H,19,22). The first-order valence-electron chi connectivity index (χ1n) is 7.95. The van der Waals surface area contributed by atoms with Crippen molar-refractivity contribution in [2.24, 2.45) is 0 Å². The maximum Gasteiger partial charge on any atom is 0.310 e. The second-order valence-corrected chi connectivity index (χ2v) is 5.54. The maximum absolute atomic E-state index is 12.2. The van der Waals surface area contributed by atoms with Crippen LogP contribution in [0, 0.1) is 20.2 Å². The minimum absolute atomic E-state index is 0.000450. The fourth-order valence-corrected chi connectivity index (χ4v) is 2.32. The van der Waals surface area contributed by atoms with Crippen molar-refractivity contribution >= 4 is 23.0 Å². The molecule has 0 radical (unpaired) electrons. The van der Waals surface area contributed by atoms with Crippen LogP contribution in [0.15, 0.2) is 65.1 Å². The molecule has 1 heterocycles. The quantitative estimate of drug-likeness (QED) is 0.482. The van der Waals surface area contributed by atoms with Gasteiger partial charge >= 0.3 is 5.69 Å². The molecule has 1 aromatic heterocycles. The Balaban J connectivity index is 1.63. The van der Waals surface area contributed by atoms with Crippen molar-refractivity contribution in [3.8, 4) is 5.75 Å². The lowest BCUT2D eigenvalue weighted by molar-refractivity contribution is -0.386. The van der Waals surface area contributed by atoms with Crippen LogP contribution in [0.1, 0.15) is 16.3 Å². The van der Waals surface area contributed by atoms with E-state index in [-0.39, 0.29) is 29.5 Å². The smallest absolute Gasteiger partial charge is 0.310 e. The molecule has 0 bridgehead atoms. The van der Waals surface area contributed by atoms with Gasteiger partial charge in [0.1, 0.15) is 12.4 Å². The normalized spacial score (nSPS) is 10.3. The van der Waals surface area contributed by atoms with E-state index in [2.05, 4.69) is 5.32 Å². The number of hydrogen-bond donors (Lipinski definition) is 1. The van der Waals surface area contributed by atoms with Crippen LogP contribution in [-0.2, 0) is 6.61 Å². The van der Waals surface area contributed by atoms with Gasteiger partial charge in [-0.25, -0.2) is 0 Å². The molecule has 142 valence electrons. The Morgan fingerprint density at radius 2 is 1.68 bits per heavy atom. The number of furan rings is 1.